The van der Waals surface area contributed by atoms with E-state index in [9.17, 15) is 9.59 Å². The predicted octanol–water partition coefficient (Wildman–Crippen LogP) is 1.79. The SMILES string of the molecule is Cc1ccc2cccc(-n3ccc(=O)c(C(=O)O)n3)c2n1. The van der Waals surface area contributed by atoms with Gasteiger partial charge >= 0.3 is 5.97 Å². The number of rotatable bonds is 2. The molecule has 21 heavy (non-hydrogen) atoms. The summed E-state index contributed by atoms with van der Waals surface area (Å²) in [5.41, 5.74) is 1.03. The number of fused-ring (bicyclic) bond motifs is 1. The molecular weight excluding hydrogens is 270 g/mol. The number of carbonyl (C=O) groups is 1. The van der Waals surface area contributed by atoms with Crippen LogP contribution in [-0.2, 0) is 0 Å². The van der Waals surface area contributed by atoms with Crippen LogP contribution in [0.15, 0.2) is 47.4 Å². The number of nitrogens with zero attached hydrogens (tertiary/aromatic N) is 3. The maximum absolute atomic E-state index is 11.5. The number of benzene rings is 1. The van der Waals surface area contributed by atoms with Gasteiger partial charge in [0.25, 0.3) is 0 Å². The Hall–Kier alpha value is -3.02. The van der Waals surface area contributed by atoms with Gasteiger partial charge in [-0.1, -0.05) is 18.2 Å². The first-order valence-electron chi connectivity index (χ1n) is 6.26. The Kier molecular flexibility index (Phi) is 2.98. The first kappa shape index (κ1) is 13.0. The molecule has 0 radical (unpaired) electrons. The third-order valence-corrected chi connectivity index (χ3v) is 3.10. The lowest BCUT2D eigenvalue weighted by molar-refractivity contribution is 0.0687. The molecule has 2 aromatic heterocycles. The highest BCUT2D eigenvalue weighted by Gasteiger charge is 2.12. The molecule has 0 saturated carbocycles. The first-order chi connectivity index (χ1) is 10.1. The molecule has 1 N–H and O–H groups in total. The number of hydrogen-bond acceptors (Lipinski definition) is 4. The van der Waals surface area contributed by atoms with E-state index >= 15 is 0 Å². The molecule has 3 aromatic rings. The number of carboxylic acids is 1. The lowest BCUT2D eigenvalue weighted by Gasteiger charge is -2.09. The fourth-order valence-electron chi connectivity index (χ4n) is 2.10. The average molecular weight is 281 g/mol. The minimum absolute atomic E-state index is 0.512. The number of aromatic carboxylic acids is 1. The van der Waals surface area contributed by atoms with Crippen molar-refractivity contribution in [3.05, 3.63) is 64.2 Å². The zero-order valence-electron chi connectivity index (χ0n) is 11.1. The van der Waals surface area contributed by atoms with Gasteiger partial charge in [0.05, 0.1) is 11.2 Å². The van der Waals surface area contributed by atoms with Crippen molar-refractivity contribution < 1.29 is 9.90 Å². The van der Waals surface area contributed by atoms with Gasteiger partial charge < -0.3 is 5.11 Å². The summed E-state index contributed by atoms with van der Waals surface area (Å²) in [6.45, 7) is 1.87. The number of pyridine rings is 1. The molecular formula is C15H11N3O3. The second-order valence-corrected chi connectivity index (χ2v) is 4.58. The molecule has 104 valence electrons. The van der Waals surface area contributed by atoms with E-state index in [1.54, 1.807) is 6.07 Å². The lowest BCUT2D eigenvalue weighted by Crippen LogP contribution is -2.20. The Labute approximate surface area is 119 Å². The summed E-state index contributed by atoms with van der Waals surface area (Å²) < 4.78 is 1.36. The molecule has 0 aliphatic rings. The Morgan fingerprint density at radius 3 is 2.76 bits per heavy atom. The van der Waals surface area contributed by atoms with E-state index in [-0.39, 0.29) is 0 Å². The summed E-state index contributed by atoms with van der Waals surface area (Å²) in [7, 11) is 0. The van der Waals surface area contributed by atoms with Gasteiger partial charge in [0.15, 0.2) is 0 Å². The van der Waals surface area contributed by atoms with Gasteiger partial charge in [-0.2, -0.15) is 5.10 Å². The molecule has 6 nitrogen and oxygen atoms in total. The summed E-state index contributed by atoms with van der Waals surface area (Å²) in [5, 5.41) is 13.8. The van der Waals surface area contributed by atoms with Crippen LogP contribution in [0.4, 0.5) is 0 Å². The molecule has 3 rings (SSSR count). The summed E-state index contributed by atoms with van der Waals surface area (Å²) >= 11 is 0. The molecule has 6 heteroatoms. The zero-order chi connectivity index (χ0) is 15.0. The van der Waals surface area contributed by atoms with Crippen LogP contribution in [0.2, 0.25) is 0 Å². The molecule has 0 aliphatic carbocycles. The van der Waals surface area contributed by atoms with Crippen molar-refractivity contribution in [2.75, 3.05) is 0 Å². The number of hydrogen-bond donors (Lipinski definition) is 1. The van der Waals surface area contributed by atoms with Crippen molar-refractivity contribution in [3.8, 4) is 5.69 Å². The fourth-order valence-corrected chi connectivity index (χ4v) is 2.10. The van der Waals surface area contributed by atoms with Crippen LogP contribution in [0.1, 0.15) is 16.2 Å². The standard InChI is InChI=1S/C15H11N3O3/c1-9-5-6-10-3-2-4-11(13(10)16-9)18-8-7-12(19)14(17-18)15(20)21/h2-8H,1H3,(H,20,21). The molecule has 0 fully saturated rings. The highest BCUT2D eigenvalue weighted by Crippen LogP contribution is 2.19. The van der Waals surface area contributed by atoms with E-state index in [1.165, 1.54) is 16.9 Å². The van der Waals surface area contributed by atoms with Gasteiger partial charge in [-0.05, 0) is 19.1 Å². The first-order valence-corrected chi connectivity index (χ1v) is 6.26. The summed E-state index contributed by atoms with van der Waals surface area (Å²) in [5.74, 6) is -1.35. The van der Waals surface area contributed by atoms with Gasteiger partial charge in [-0.3, -0.25) is 9.78 Å². The Bertz CT molecular complexity index is 915. The summed E-state index contributed by atoms with van der Waals surface area (Å²) in [6.07, 6.45) is 1.44. The quantitative estimate of drug-likeness (QED) is 0.774. The van der Waals surface area contributed by atoms with E-state index in [0.717, 1.165) is 11.1 Å². The monoisotopic (exact) mass is 281 g/mol. The van der Waals surface area contributed by atoms with E-state index in [4.69, 9.17) is 5.11 Å². The molecule has 0 saturated heterocycles. The third-order valence-electron chi connectivity index (χ3n) is 3.10. The van der Waals surface area contributed by atoms with Gasteiger partial charge in [0.1, 0.15) is 0 Å². The average Bonchev–Trinajstić information content (AvgIpc) is 2.47. The van der Waals surface area contributed by atoms with E-state index in [1.807, 2.05) is 31.2 Å². The van der Waals surface area contributed by atoms with Gasteiger partial charge in [-0.25, -0.2) is 9.48 Å². The maximum Gasteiger partial charge on any atom is 0.360 e. The normalized spacial score (nSPS) is 10.7. The molecule has 0 amide bonds. The van der Waals surface area contributed by atoms with Crippen molar-refractivity contribution in [2.45, 2.75) is 6.92 Å². The van der Waals surface area contributed by atoms with Crippen LogP contribution in [-0.4, -0.2) is 25.8 Å². The van der Waals surface area contributed by atoms with Gasteiger partial charge in [0.2, 0.25) is 11.1 Å². The molecule has 0 aliphatic heterocycles. The predicted molar refractivity (Wildman–Crippen MR) is 76.8 cm³/mol. The highest BCUT2D eigenvalue weighted by molar-refractivity contribution is 5.87. The number of para-hydroxylation sites is 1. The maximum atomic E-state index is 11.5. The summed E-state index contributed by atoms with van der Waals surface area (Å²) in [6, 6.07) is 10.5. The van der Waals surface area contributed by atoms with Crippen LogP contribution in [0.5, 0.6) is 0 Å². The minimum Gasteiger partial charge on any atom is -0.476 e. The van der Waals surface area contributed by atoms with Gasteiger partial charge in [0, 0.05) is 23.3 Å². The second kappa shape index (κ2) is 4.82. The zero-order valence-corrected chi connectivity index (χ0v) is 11.1. The fraction of sp³-hybridized carbons (Fsp3) is 0.0667. The Balaban J connectivity index is 2.30. The van der Waals surface area contributed by atoms with Crippen molar-refractivity contribution >= 4 is 16.9 Å². The van der Waals surface area contributed by atoms with Crippen LogP contribution < -0.4 is 5.43 Å². The molecule has 2 heterocycles. The van der Waals surface area contributed by atoms with E-state index in [0.29, 0.717) is 11.2 Å². The Morgan fingerprint density at radius 2 is 2.00 bits per heavy atom. The highest BCUT2D eigenvalue weighted by atomic mass is 16.4. The number of aryl methyl sites for hydroxylation is 1. The third kappa shape index (κ3) is 2.27. The second-order valence-electron chi connectivity index (χ2n) is 4.58. The van der Waals surface area contributed by atoms with Crippen molar-refractivity contribution in [2.24, 2.45) is 0 Å². The van der Waals surface area contributed by atoms with Crippen LogP contribution in [0.25, 0.3) is 16.6 Å². The van der Waals surface area contributed by atoms with E-state index in [2.05, 4.69) is 10.1 Å². The van der Waals surface area contributed by atoms with Crippen molar-refractivity contribution in [1.82, 2.24) is 14.8 Å². The van der Waals surface area contributed by atoms with Crippen LogP contribution in [0.3, 0.4) is 0 Å². The van der Waals surface area contributed by atoms with Crippen LogP contribution >= 0.6 is 0 Å². The molecule has 0 atom stereocenters. The van der Waals surface area contributed by atoms with Crippen molar-refractivity contribution in [1.29, 1.82) is 0 Å². The van der Waals surface area contributed by atoms with E-state index < -0.39 is 17.1 Å². The minimum atomic E-state index is -1.35. The van der Waals surface area contributed by atoms with Crippen molar-refractivity contribution in [3.63, 3.8) is 0 Å². The lowest BCUT2D eigenvalue weighted by atomic mass is 10.2. The molecule has 0 unspecified atom stereocenters. The number of aromatic nitrogens is 3. The topological polar surface area (TPSA) is 85.1 Å². The molecule has 1 aromatic carbocycles. The smallest absolute Gasteiger partial charge is 0.360 e. The largest absolute Gasteiger partial charge is 0.476 e. The number of carboxylic acid groups (broad SMARTS) is 1. The van der Waals surface area contributed by atoms with Gasteiger partial charge in [-0.15, -0.1) is 0 Å². The summed E-state index contributed by atoms with van der Waals surface area (Å²) in [4.78, 5) is 27.0. The van der Waals surface area contributed by atoms with Crippen LogP contribution in [0, 0.1) is 6.92 Å². The molecule has 0 spiro atoms. The Morgan fingerprint density at radius 1 is 1.19 bits per heavy atom. The molecule has 0 bridgehead atoms.